The zero-order chi connectivity index (χ0) is 44.0. The van der Waals surface area contributed by atoms with Gasteiger partial charge in [0.25, 0.3) is 5.72 Å². The van der Waals surface area contributed by atoms with Crippen LogP contribution in [-0.2, 0) is 36.1 Å². The molecule has 7 N–H and O–H groups in total. The standard InChI is InChI=1S/C45H71N5O10/c1-24(2)27-12-17-44(19-18-42(7)28(34(27)44)10-11-32-41(6)15-14-33(55)40(4,5)31(41)13-16-43(32,42)8)38(57)46-21-26-22-50(49-48-26)45(39(58)59-9)20-29(53)35(47-25(3)52)37(60-45)36(56)30(54)23-51/h22,27-37,51,53-56H,1,10-21,23H2,2-9H3,(H,46,57)(H,47,52)/t27-,28+,29-,30+,31-,32+,33-,34+,35+,36+,37+,41-,42+,43+,44-,45+/m0/s1. The lowest BCUT2D eigenvalue weighted by Gasteiger charge is -2.72. The predicted octanol–water partition coefficient (Wildman–Crippen LogP) is 3.11. The second-order valence-corrected chi connectivity index (χ2v) is 21.2. The van der Waals surface area contributed by atoms with Crippen LogP contribution in [0.15, 0.2) is 18.3 Å². The van der Waals surface area contributed by atoms with Gasteiger partial charge in [-0.25, -0.2) is 9.48 Å². The van der Waals surface area contributed by atoms with Gasteiger partial charge in [0.05, 0.1) is 50.1 Å². The van der Waals surface area contributed by atoms with Gasteiger partial charge in [-0.3, -0.25) is 9.59 Å². The molecule has 0 spiro atoms. The van der Waals surface area contributed by atoms with E-state index in [-0.39, 0.29) is 52.1 Å². The monoisotopic (exact) mass is 842 g/mol. The third kappa shape index (κ3) is 6.60. The number of ether oxygens (including phenoxy) is 2. The van der Waals surface area contributed by atoms with Gasteiger partial charge in [0.1, 0.15) is 24.0 Å². The highest BCUT2D eigenvalue weighted by atomic mass is 16.6. The molecule has 6 aliphatic rings. The number of amides is 2. The average Bonchev–Trinajstić information content (AvgIpc) is 3.85. The molecule has 1 aliphatic heterocycles. The minimum atomic E-state index is -2.19. The fourth-order valence-corrected chi connectivity index (χ4v) is 15.0. The van der Waals surface area contributed by atoms with E-state index in [0.29, 0.717) is 23.4 Å². The van der Waals surface area contributed by atoms with Gasteiger partial charge in [0.2, 0.25) is 11.8 Å². The number of nitrogens with one attached hydrogen (secondary N) is 2. The summed E-state index contributed by atoms with van der Waals surface area (Å²) in [4.78, 5) is 40.5. The van der Waals surface area contributed by atoms with Crippen molar-refractivity contribution in [3.63, 3.8) is 0 Å². The topological polar surface area (TPSA) is 226 Å². The molecule has 15 nitrogen and oxygen atoms in total. The van der Waals surface area contributed by atoms with E-state index in [1.807, 2.05) is 0 Å². The van der Waals surface area contributed by atoms with Crippen molar-refractivity contribution in [1.29, 1.82) is 0 Å². The van der Waals surface area contributed by atoms with Crippen LogP contribution in [0.3, 0.4) is 0 Å². The number of rotatable bonds is 10. The van der Waals surface area contributed by atoms with Crippen LogP contribution in [0.25, 0.3) is 0 Å². The lowest BCUT2D eigenvalue weighted by Crippen LogP contribution is -2.67. The maximum absolute atomic E-state index is 14.9. The number of fused-ring (bicyclic) bond motifs is 7. The number of carbonyl (C=O) groups excluding carboxylic acids is 3. The summed E-state index contributed by atoms with van der Waals surface area (Å²) in [5.74, 6) is 0.142. The number of nitrogens with zero attached hydrogens (tertiary/aromatic N) is 3. The number of hydrogen-bond donors (Lipinski definition) is 7. The number of aliphatic hydroxyl groups is 5. The Morgan fingerprint density at radius 3 is 2.33 bits per heavy atom. The molecule has 5 saturated carbocycles. The van der Waals surface area contributed by atoms with Gasteiger partial charge in [-0.05, 0) is 122 Å². The molecule has 336 valence electrons. The third-order valence-electron chi connectivity index (χ3n) is 18.2. The molecule has 6 fully saturated rings. The van der Waals surface area contributed by atoms with Crippen molar-refractivity contribution >= 4 is 17.8 Å². The Bertz CT molecular complexity index is 1840. The average molecular weight is 842 g/mol. The first-order chi connectivity index (χ1) is 28.1. The summed E-state index contributed by atoms with van der Waals surface area (Å²) in [5, 5.41) is 67.5. The number of aromatic nitrogens is 3. The smallest absolute Gasteiger partial charge is 0.361 e. The van der Waals surface area contributed by atoms with Gasteiger partial charge >= 0.3 is 5.97 Å². The highest BCUT2D eigenvalue weighted by Gasteiger charge is 2.72. The van der Waals surface area contributed by atoms with Gasteiger partial charge in [0, 0.05) is 13.3 Å². The van der Waals surface area contributed by atoms with Crippen LogP contribution in [0.1, 0.15) is 125 Å². The summed E-state index contributed by atoms with van der Waals surface area (Å²) in [6.07, 6.45) is 3.76. The van der Waals surface area contributed by atoms with E-state index < -0.39 is 66.5 Å². The molecule has 60 heavy (non-hydrogen) atoms. The quantitative estimate of drug-likeness (QED) is 0.133. The lowest BCUT2D eigenvalue weighted by molar-refractivity contribution is -0.260. The summed E-state index contributed by atoms with van der Waals surface area (Å²) < 4.78 is 12.3. The van der Waals surface area contributed by atoms with Crippen LogP contribution in [0.4, 0.5) is 0 Å². The molecule has 1 aromatic rings. The zero-order valence-corrected chi connectivity index (χ0v) is 36.9. The molecule has 7 rings (SSSR count). The van der Waals surface area contributed by atoms with Crippen molar-refractivity contribution in [2.24, 2.45) is 56.7 Å². The molecule has 15 heteroatoms. The van der Waals surface area contributed by atoms with Gasteiger partial charge < -0.3 is 45.6 Å². The van der Waals surface area contributed by atoms with E-state index in [0.717, 1.165) is 81.6 Å². The van der Waals surface area contributed by atoms with E-state index in [1.54, 1.807) is 0 Å². The zero-order valence-electron chi connectivity index (χ0n) is 36.9. The second-order valence-electron chi connectivity index (χ2n) is 21.2. The predicted molar refractivity (Wildman–Crippen MR) is 219 cm³/mol. The molecule has 16 atom stereocenters. The Hall–Kier alpha value is -2.95. The maximum Gasteiger partial charge on any atom is 0.361 e. The van der Waals surface area contributed by atoms with Crippen LogP contribution in [0.5, 0.6) is 0 Å². The summed E-state index contributed by atoms with van der Waals surface area (Å²) in [6, 6.07) is -1.26. The molecule has 1 aromatic heterocycles. The van der Waals surface area contributed by atoms with Gasteiger partial charge in [-0.1, -0.05) is 52.0 Å². The minimum absolute atomic E-state index is 0.00223. The van der Waals surface area contributed by atoms with Crippen LogP contribution in [0.2, 0.25) is 0 Å². The van der Waals surface area contributed by atoms with E-state index in [9.17, 15) is 39.9 Å². The third-order valence-corrected chi connectivity index (χ3v) is 18.2. The number of esters is 1. The van der Waals surface area contributed by atoms with Crippen molar-refractivity contribution in [3.05, 3.63) is 24.0 Å². The first-order valence-electron chi connectivity index (χ1n) is 22.3. The summed E-state index contributed by atoms with van der Waals surface area (Å²) >= 11 is 0. The highest BCUT2D eigenvalue weighted by molar-refractivity contribution is 5.84. The summed E-state index contributed by atoms with van der Waals surface area (Å²) in [7, 11) is 1.12. The minimum Gasteiger partial charge on any atom is -0.465 e. The van der Waals surface area contributed by atoms with E-state index in [2.05, 4.69) is 69.1 Å². The van der Waals surface area contributed by atoms with Crippen molar-refractivity contribution in [2.45, 2.75) is 168 Å². The van der Waals surface area contributed by atoms with Crippen LogP contribution in [-0.4, -0.2) is 109 Å². The van der Waals surface area contributed by atoms with Gasteiger partial charge in [-0.15, -0.1) is 5.10 Å². The number of aliphatic hydroxyl groups excluding tert-OH is 5. The number of allylic oxidation sites excluding steroid dienone is 1. The number of hydrogen-bond acceptors (Lipinski definition) is 12. The summed E-state index contributed by atoms with van der Waals surface area (Å²) in [5.41, 5.74) is -1.18. The normalized spacial score (nSPS) is 44.2. The molecule has 0 radical (unpaired) electrons. The second kappa shape index (κ2) is 15.7. The first-order valence-corrected chi connectivity index (χ1v) is 22.3. The number of carbonyl (C=O) groups is 3. The molecule has 2 amide bonds. The van der Waals surface area contributed by atoms with E-state index in [4.69, 9.17) is 9.47 Å². The molecule has 0 bridgehead atoms. The Labute approximate surface area is 354 Å². The van der Waals surface area contributed by atoms with E-state index >= 15 is 0 Å². The molecular weight excluding hydrogens is 771 g/mol. The highest BCUT2D eigenvalue weighted by Crippen LogP contribution is 2.77. The van der Waals surface area contributed by atoms with Gasteiger partial charge in [-0.2, -0.15) is 0 Å². The Balaban J connectivity index is 1.14. The molecular formula is C45H71N5O10. The fraction of sp³-hybridized carbons (Fsp3) is 0.844. The van der Waals surface area contributed by atoms with Crippen molar-refractivity contribution in [1.82, 2.24) is 25.6 Å². The molecule has 2 heterocycles. The van der Waals surface area contributed by atoms with Crippen molar-refractivity contribution in [2.75, 3.05) is 13.7 Å². The SMILES string of the molecule is C=C(C)[C@@H]1CC[C@]2(C(=O)NCc3cn([C@]4(C(=O)OC)C[C@H](O)[C@@H](NC(C)=O)[C@H]([C@H](O)[C@H](O)CO)O4)nn3)CC[C@]3(C)[C@H](CC[C@@H]4[C@@]5(C)CC[C@H](O)C(C)(C)[C@@H]5CC[C@]43C)[C@@H]12. The Morgan fingerprint density at radius 2 is 1.68 bits per heavy atom. The molecule has 1 saturated heterocycles. The lowest BCUT2D eigenvalue weighted by atomic mass is 9.32. The number of methoxy groups -OCH3 is 1. The van der Waals surface area contributed by atoms with Crippen molar-refractivity contribution < 1.29 is 49.4 Å². The fourth-order valence-electron chi connectivity index (χ4n) is 15.0. The Kier molecular flexibility index (Phi) is 11.8. The molecule has 0 aromatic carbocycles. The van der Waals surface area contributed by atoms with Crippen LogP contribution in [0, 0.1) is 56.7 Å². The van der Waals surface area contributed by atoms with Crippen molar-refractivity contribution in [3.8, 4) is 0 Å². The first kappa shape index (κ1) is 45.1. The molecule has 0 unspecified atom stereocenters. The summed E-state index contributed by atoms with van der Waals surface area (Å²) in [6.45, 7) is 19.1. The van der Waals surface area contributed by atoms with Crippen LogP contribution >= 0.6 is 0 Å². The van der Waals surface area contributed by atoms with E-state index in [1.165, 1.54) is 13.1 Å². The maximum atomic E-state index is 14.9. The Morgan fingerprint density at radius 1 is 0.967 bits per heavy atom. The van der Waals surface area contributed by atoms with Gasteiger partial charge in [0.15, 0.2) is 0 Å². The van der Waals surface area contributed by atoms with Crippen LogP contribution < -0.4 is 10.6 Å². The largest absolute Gasteiger partial charge is 0.465 e. The molecule has 5 aliphatic carbocycles.